The molecule has 27 heavy (non-hydrogen) atoms. The predicted octanol–water partition coefficient (Wildman–Crippen LogP) is 1.23. The molecular weight excluding hydrogens is 348 g/mol. The highest BCUT2D eigenvalue weighted by atomic mass is 16.4. The Kier molecular flexibility index (Phi) is 4.36. The molecule has 1 saturated heterocycles. The summed E-state index contributed by atoms with van der Waals surface area (Å²) in [6.45, 7) is 1.29. The molecule has 1 aliphatic heterocycles. The topological polar surface area (TPSA) is 119 Å². The summed E-state index contributed by atoms with van der Waals surface area (Å²) >= 11 is 0. The van der Waals surface area contributed by atoms with Crippen molar-refractivity contribution in [1.82, 2.24) is 19.4 Å². The summed E-state index contributed by atoms with van der Waals surface area (Å²) in [4.78, 5) is 34.3. The van der Waals surface area contributed by atoms with Gasteiger partial charge in [0.15, 0.2) is 5.58 Å². The summed E-state index contributed by atoms with van der Waals surface area (Å²) < 4.78 is 6.61. The van der Waals surface area contributed by atoms with E-state index in [2.05, 4.69) is 15.3 Å². The second kappa shape index (κ2) is 6.84. The molecule has 1 amide bonds. The number of carbonyl (C=O) groups is 1. The van der Waals surface area contributed by atoms with Crippen LogP contribution in [0.4, 0.5) is 11.5 Å². The van der Waals surface area contributed by atoms with Crippen LogP contribution in [-0.2, 0) is 7.05 Å². The number of amides is 1. The Balaban J connectivity index is 1.47. The van der Waals surface area contributed by atoms with Gasteiger partial charge in [0.05, 0.1) is 17.9 Å². The van der Waals surface area contributed by atoms with Crippen LogP contribution in [0.5, 0.6) is 0 Å². The van der Waals surface area contributed by atoms with Gasteiger partial charge in [-0.1, -0.05) is 0 Å². The van der Waals surface area contributed by atoms with Crippen LogP contribution in [0.15, 0.2) is 39.8 Å². The molecule has 0 radical (unpaired) electrons. The average molecular weight is 368 g/mol. The van der Waals surface area contributed by atoms with Gasteiger partial charge in [-0.3, -0.25) is 9.36 Å². The number of hydrogen-bond acceptors (Lipinski definition) is 7. The van der Waals surface area contributed by atoms with Crippen molar-refractivity contribution in [2.75, 3.05) is 18.4 Å². The molecule has 0 saturated carbocycles. The van der Waals surface area contributed by atoms with Gasteiger partial charge in [-0.05, 0) is 25.0 Å². The first-order chi connectivity index (χ1) is 13.0. The fraction of sp³-hybridized carbons (Fsp3) is 0.333. The summed E-state index contributed by atoms with van der Waals surface area (Å²) in [7, 11) is 1.65. The molecule has 1 aliphatic rings. The summed E-state index contributed by atoms with van der Waals surface area (Å²) in [5.74, 6) is -0.0539. The highest BCUT2D eigenvalue weighted by molar-refractivity contribution is 5.92. The molecule has 0 spiro atoms. The maximum absolute atomic E-state index is 12.5. The molecule has 3 heterocycles. The van der Waals surface area contributed by atoms with Crippen molar-refractivity contribution in [2.45, 2.75) is 18.9 Å². The van der Waals surface area contributed by atoms with Gasteiger partial charge in [-0.15, -0.1) is 0 Å². The van der Waals surface area contributed by atoms with Gasteiger partial charge in [-0.25, -0.2) is 14.8 Å². The van der Waals surface area contributed by atoms with Gasteiger partial charge < -0.3 is 20.4 Å². The predicted molar refractivity (Wildman–Crippen MR) is 99.9 cm³/mol. The van der Waals surface area contributed by atoms with E-state index in [4.69, 9.17) is 10.2 Å². The van der Waals surface area contributed by atoms with Gasteiger partial charge in [0.1, 0.15) is 11.5 Å². The Bertz CT molecular complexity index is 1030. The molecule has 9 heteroatoms. The number of nitrogens with zero attached hydrogens (tertiary/aromatic N) is 4. The minimum absolute atomic E-state index is 0.131. The highest BCUT2D eigenvalue weighted by Crippen LogP contribution is 2.20. The second-order valence-electron chi connectivity index (χ2n) is 6.65. The van der Waals surface area contributed by atoms with Crippen LogP contribution in [0, 0.1) is 0 Å². The van der Waals surface area contributed by atoms with E-state index in [0.717, 1.165) is 12.8 Å². The number of hydrogen-bond donors (Lipinski definition) is 2. The van der Waals surface area contributed by atoms with Crippen molar-refractivity contribution in [3.63, 3.8) is 0 Å². The van der Waals surface area contributed by atoms with E-state index in [1.807, 2.05) is 6.07 Å². The van der Waals surface area contributed by atoms with Gasteiger partial charge in [0.2, 0.25) is 0 Å². The summed E-state index contributed by atoms with van der Waals surface area (Å²) in [5.41, 5.74) is 8.07. The number of anilines is 2. The maximum atomic E-state index is 12.5. The molecule has 1 aromatic carbocycles. The number of aryl methyl sites for hydroxylation is 1. The third-order valence-electron chi connectivity index (χ3n) is 4.76. The Hall–Kier alpha value is -3.20. The first-order valence-corrected chi connectivity index (χ1v) is 8.75. The minimum Gasteiger partial charge on any atom is -0.408 e. The number of nitrogens with two attached hydrogens (primary N) is 1. The van der Waals surface area contributed by atoms with Gasteiger partial charge in [0.25, 0.3) is 5.91 Å². The number of benzene rings is 1. The molecular formula is C18H20N6O3. The third kappa shape index (κ3) is 3.41. The smallest absolute Gasteiger partial charge is 0.408 e. The molecule has 3 aromatic rings. The van der Waals surface area contributed by atoms with Crippen LogP contribution in [0.1, 0.15) is 23.3 Å². The van der Waals surface area contributed by atoms with Crippen molar-refractivity contribution >= 4 is 28.5 Å². The molecule has 1 fully saturated rings. The number of aromatic nitrogens is 3. The first-order valence-electron chi connectivity index (χ1n) is 8.75. The van der Waals surface area contributed by atoms with Gasteiger partial charge in [0, 0.05) is 37.9 Å². The zero-order valence-corrected chi connectivity index (χ0v) is 14.9. The van der Waals surface area contributed by atoms with E-state index >= 15 is 0 Å². The van der Waals surface area contributed by atoms with E-state index in [1.54, 1.807) is 24.1 Å². The van der Waals surface area contributed by atoms with Crippen molar-refractivity contribution in [1.29, 1.82) is 0 Å². The fourth-order valence-electron chi connectivity index (χ4n) is 3.13. The number of carbonyl (C=O) groups excluding carboxylic acids is 1. The molecule has 2 aromatic heterocycles. The zero-order chi connectivity index (χ0) is 19.0. The molecule has 0 atom stereocenters. The van der Waals surface area contributed by atoms with Crippen LogP contribution in [0.2, 0.25) is 0 Å². The lowest BCUT2D eigenvalue weighted by Crippen LogP contribution is -2.43. The van der Waals surface area contributed by atoms with Crippen LogP contribution < -0.4 is 16.8 Å². The fourth-order valence-corrected chi connectivity index (χ4v) is 3.13. The van der Waals surface area contributed by atoms with Crippen molar-refractivity contribution in [3.05, 3.63) is 46.8 Å². The Morgan fingerprint density at radius 3 is 2.74 bits per heavy atom. The van der Waals surface area contributed by atoms with Gasteiger partial charge >= 0.3 is 5.76 Å². The maximum Gasteiger partial charge on any atom is 0.419 e. The average Bonchev–Trinajstić information content (AvgIpc) is 2.96. The molecule has 0 unspecified atom stereocenters. The van der Waals surface area contributed by atoms with Gasteiger partial charge in [-0.2, -0.15) is 0 Å². The van der Waals surface area contributed by atoms with E-state index in [-0.39, 0.29) is 11.9 Å². The lowest BCUT2D eigenvalue weighted by Gasteiger charge is -2.29. The number of fused-ring (bicyclic) bond motifs is 1. The molecule has 140 valence electrons. The third-order valence-corrected chi connectivity index (χ3v) is 4.76. The second-order valence-corrected chi connectivity index (χ2v) is 6.65. The highest BCUT2D eigenvalue weighted by Gasteiger charge is 2.22. The van der Waals surface area contributed by atoms with E-state index in [0.29, 0.717) is 41.4 Å². The lowest BCUT2D eigenvalue weighted by atomic mass is 10.1. The SMILES string of the molecule is Cn1c(=O)oc2cc(Nc3cnc(C(=O)N4CCC(N)CC4)cn3)ccc21. The number of likely N-dealkylation sites (tertiary alicyclic amines) is 1. The quantitative estimate of drug-likeness (QED) is 0.713. The Morgan fingerprint density at radius 1 is 1.26 bits per heavy atom. The number of rotatable bonds is 3. The zero-order valence-electron chi connectivity index (χ0n) is 14.9. The van der Waals surface area contributed by atoms with Crippen LogP contribution in [0.25, 0.3) is 11.1 Å². The van der Waals surface area contributed by atoms with Crippen molar-refractivity contribution < 1.29 is 9.21 Å². The van der Waals surface area contributed by atoms with Crippen LogP contribution in [-0.4, -0.2) is 44.5 Å². The number of oxazole rings is 1. The molecule has 0 bridgehead atoms. The van der Waals surface area contributed by atoms with Crippen molar-refractivity contribution in [3.8, 4) is 0 Å². The van der Waals surface area contributed by atoms with E-state index < -0.39 is 5.76 Å². The monoisotopic (exact) mass is 368 g/mol. The molecule has 3 N–H and O–H groups in total. The minimum atomic E-state index is -0.413. The lowest BCUT2D eigenvalue weighted by molar-refractivity contribution is 0.0708. The Labute approximate surface area is 154 Å². The largest absolute Gasteiger partial charge is 0.419 e. The summed E-state index contributed by atoms with van der Waals surface area (Å²) in [5, 5.41) is 3.09. The first kappa shape index (κ1) is 17.2. The summed E-state index contributed by atoms with van der Waals surface area (Å²) in [6, 6.07) is 5.48. The number of piperidine rings is 1. The normalized spacial score (nSPS) is 15.3. The molecule has 4 rings (SSSR count). The molecule has 9 nitrogen and oxygen atoms in total. The standard InChI is InChI=1S/C18H20N6O3/c1-23-14-3-2-12(8-15(14)27-18(23)26)22-16-10-20-13(9-21-16)17(25)24-6-4-11(19)5-7-24/h2-3,8-11H,4-7,19H2,1H3,(H,21,22). The van der Waals surface area contributed by atoms with Crippen LogP contribution >= 0.6 is 0 Å². The molecule has 0 aliphatic carbocycles. The van der Waals surface area contributed by atoms with Crippen molar-refractivity contribution in [2.24, 2.45) is 12.8 Å². The Morgan fingerprint density at radius 2 is 2.04 bits per heavy atom. The van der Waals surface area contributed by atoms with E-state index in [9.17, 15) is 9.59 Å². The van der Waals surface area contributed by atoms with Crippen LogP contribution in [0.3, 0.4) is 0 Å². The van der Waals surface area contributed by atoms with E-state index in [1.165, 1.54) is 17.0 Å². The summed E-state index contributed by atoms with van der Waals surface area (Å²) in [6.07, 6.45) is 4.57. The number of nitrogens with one attached hydrogen (secondary N) is 1.